The van der Waals surface area contributed by atoms with Crippen LogP contribution in [0.25, 0.3) is 10.8 Å². The van der Waals surface area contributed by atoms with Crippen molar-refractivity contribution < 1.29 is 9.90 Å². The molecule has 4 rings (SSSR count). The van der Waals surface area contributed by atoms with Crippen LogP contribution in [0.2, 0.25) is 0 Å². The Hall–Kier alpha value is -2.94. The maximum absolute atomic E-state index is 12.4. The zero-order chi connectivity index (χ0) is 15.3. The molecule has 0 saturated heterocycles. The number of benzene rings is 3. The molecule has 0 saturated carbocycles. The van der Waals surface area contributed by atoms with Gasteiger partial charge in [-0.1, -0.05) is 54.6 Å². The third-order valence-electron chi connectivity index (χ3n) is 4.16. The standard InChI is InChI=1S/C19H13NO2/c1-11-13-9-5-6-10-14(13)18(21)16-15(11)19(22)20-17(16)12-7-3-2-4-8-12/h2-10,21H,1H3. The number of hydrogen-bond acceptors (Lipinski definition) is 2. The van der Waals surface area contributed by atoms with Crippen molar-refractivity contribution >= 4 is 22.4 Å². The van der Waals surface area contributed by atoms with Gasteiger partial charge in [0.25, 0.3) is 5.91 Å². The Morgan fingerprint density at radius 3 is 2.23 bits per heavy atom. The van der Waals surface area contributed by atoms with Gasteiger partial charge in [0.2, 0.25) is 0 Å². The van der Waals surface area contributed by atoms with Crippen molar-refractivity contribution in [2.24, 2.45) is 4.99 Å². The van der Waals surface area contributed by atoms with Crippen molar-refractivity contribution in [1.29, 1.82) is 0 Å². The summed E-state index contributed by atoms with van der Waals surface area (Å²) in [5.74, 6) is -0.156. The van der Waals surface area contributed by atoms with Crippen LogP contribution in [0.15, 0.2) is 59.6 Å². The minimum absolute atomic E-state index is 0.129. The number of hydrogen-bond donors (Lipinski definition) is 1. The van der Waals surface area contributed by atoms with Crippen LogP contribution in [-0.4, -0.2) is 16.7 Å². The number of rotatable bonds is 1. The third kappa shape index (κ3) is 1.62. The lowest BCUT2D eigenvalue weighted by atomic mass is 9.91. The highest BCUT2D eigenvalue weighted by molar-refractivity contribution is 6.31. The number of fused-ring (bicyclic) bond motifs is 2. The molecule has 0 radical (unpaired) electrons. The lowest BCUT2D eigenvalue weighted by Crippen LogP contribution is -2.03. The van der Waals surface area contributed by atoms with Crippen LogP contribution in [-0.2, 0) is 0 Å². The topological polar surface area (TPSA) is 49.7 Å². The highest BCUT2D eigenvalue weighted by Crippen LogP contribution is 2.39. The summed E-state index contributed by atoms with van der Waals surface area (Å²) < 4.78 is 0. The molecular weight excluding hydrogens is 274 g/mol. The van der Waals surface area contributed by atoms with Gasteiger partial charge >= 0.3 is 0 Å². The second kappa shape index (κ2) is 4.53. The Morgan fingerprint density at radius 2 is 1.50 bits per heavy atom. The summed E-state index contributed by atoms with van der Waals surface area (Å²) in [5.41, 5.74) is 3.30. The average Bonchev–Trinajstić information content (AvgIpc) is 2.91. The van der Waals surface area contributed by atoms with Gasteiger partial charge in [0.05, 0.1) is 16.8 Å². The summed E-state index contributed by atoms with van der Waals surface area (Å²) in [4.78, 5) is 16.6. The first-order valence-corrected chi connectivity index (χ1v) is 7.11. The fraction of sp³-hybridized carbons (Fsp3) is 0.0526. The molecule has 0 unspecified atom stereocenters. The molecule has 22 heavy (non-hydrogen) atoms. The molecule has 3 heteroatoms. The van der Waals surface area contributed by atoms with Crippen molar-refractivity contribution in [1.82, 2.24) is 0 Å². The van der Waals surface area contributed by atoms with Crippen LogP contribution in [0.4, 0.5) is 0 Å². The molecule has 3 nitrogen and oxygen atoms in total. The number of aromatic hydroxyl groups is 1. The Morgan fingerprint density at radius 1 is 0.864 bits per heavy atom. The number of carbonyl (C=O) groups excluding carboxylic acids is 1. The second-order valence-electron chi connectivity index (χ2n) is 5.40. The minimum atomic E-state index is -0.285. The molecular formula is C19H13NO2. The fourth-order valence-corrected chi connectivity index (χ4v) is 3.11. The Bertz CT molecular complexity index is 956. The van der Waals surface area contributed by atoms with Gasteiger partial charge in [-0.05, 0) is 17.9 Å². The first-order chi connectivity index (χ1) is 10.7. The Kier molecular flexibility index (Phi) is 2.63. The fourth-order valence-electron chi connectivity index (χ4n) is 3.11. The summed E-state index contributed by atoms with van der Waals surface area (Å²) in [7, 11) is 0. The molecule has 1 amide bonds. The molecule has 0 fully saturated rings. The van der Waals surface area contributed by atoms with E-state index in [0.29, 0.717) is 16.8 Å². The number of amides is 1. The molecule has 0 spiro atoms. The van der Waals surface area contributed by atoms with E-state index in [0.717, 1.165) is 21.9 Å². The van der Waals surface area contributed by atoms with Crippen molar-refractivity contribution in [2.75, 3.05) is 0 Å². The molecule has 0 aliphatic carbocycles. The van der Waals surface area contributed by atoms with Gasteiger partial charge < -0.3 is 5.11 Å². The molecule has 0 bridgehead atoms. The number of aryl methyl sites for hydroxylation is 1. The van der Waals surface area contributed by atoms with Crippen LogP contribution in [0.3, 0.4) is 0 Å². The van der Waals surface area contributed by atoms with E-state index < -0.39 is 0 Å². The first-order valence-electron chi connectivity index (χ1n) is 7.11. The van der Waals surface area contributed by atoms with E-state index in [1.54, 1.807) is 0 Å². The first kappa shape index (κ1) is 12.8. The maximum Gasteiger partial charge on any atom is 0.278 e. The van der Waals surface area contributed by atoms with Crippen LogP contribution in [0, 0.1) is 6.92 Å². The van der Waals surface area contributed by atoms with Gasteiger partial charge in [-0.2, -0.15) is 0 Å². The molecule has 3 aromatic carbocycles. The van der Waals surface area contributed by atoms with Crippen molar-refractivity contribution in [2.45, 2.75) is 6.92 Å². The summed E-state index contributed by atoms with van der Waals surface area (Å²) in [6.07, 6.45) is 0. The number of phenolic OH excluding ortho intramolecular Hbond substituents is 1. The molecule has 106 valence electrons. The normalized spacial score (nSPS) is 13.3. The van der Waals surface area contributed by atoms with E-state index in [1.165, 1.54) is 0 Å². The van der Waals surface area contributed by atoms with Gasteiger partial charge in [-0.15, -0.1) is 0 Å². The Balaban J connectivity index is 2.10. The monoisotopic (exact) mass is 287 g/mol. The molecule has 1 aliphatic rings. The Labute approximate surface area is 127 Å². The predicted octanol–water partition coefficient (Wildman–Crippen LogP) is 3.85. The zero-order valence-electron chi connectivity index (χ0n) is 12.0. The number of carbonyl (C=O) groups is 1. The van der Waals surface area contributed by atoms with Crippen LogP contribution < -0.4 is 0 Å². The SMILES string of the molecule is Cc1c2c(c(O)c3ccccc13)C(c1ccccc1)=NC2=O. The van der Waals surface area contributed by atoms with E-state index in [4.69, 9.17) is 0 Å². The van der Waals surface area contributed by atoms with Gasteiger partial charge in [0.1, 0.15) is 5.75 Å². The highest BCUT2D eigenvalue weighted by atomic mass is 16.3. The predicted molar refractivity (Wildman–Crippen MR) is 86.8 cm³/mol. The van der Waals surface area contributed by atoms with E-state index in [9.17, 15) is 9.90 Å². The summed E-state index contributed by atoms with van der Waals surface area (Å²) in [6, 6.07) is 17.0. The molecule has 1 heterocycles. The van der Waals surface area contributed by atoms with Gasteiger partial charge in [0, 0.05) is 10.9 Å². The van der Waals surface area contributed by atoms with Gasteiger partial charge in [0.15, 0.2) is 0 Å². The number of phenols is 1. The molecule has 1 N–H and O–H groups in total. The van der Waals surface area contributed by atoms with E-state index in [2.05, 4.69) is 4.99 Å². The highest BCUT2D eigenvalue weighted by Gasteiger charge is 2.31. The largest absolute Gasteiger partial charge is 0.507 e. The summed E-state index contributed by atoms with van der Waals surface area (Å²) >= 11 is 0. The molecule has 1 aliphatic heterocycles. The zero-order valence-corrected chi connectivity index (χ0v) is 12.0. The van der Waals surface area contributed by atoms with Gasteiger partial charge in [-0.3, -0.25) is 4.79 Å². The smallest absolute Gasteiger partial charge is 0.278 e. The summed E-state index contributed by atoms with van der Waals surface area (Å²) in [5, 5.41) is 12.3. The average molecular weight is 287 g/mol. The van der Waals surface area contributed by atoms with Crippen LogP contribution in [0.5, 0.6) is 5.75 Å². The van der Waals surface area contributed by atoms with Crippen molar-refractivity contribution in [3.05, 3.63) is 76.9 Å². The van der Waals surface area contributed by atoms with E-state index in [1.807, 2.05) is 61.5 Å². The van der Waals surface area contributed by atoms with Crippen molar-refractivity contribution in [3.63, 3.8) is 0 Å². The van der Waals surface area contributed by atoms with Gasteiger partial charge in [-0.25, -0.2) is 4.99 Å². The maximum atomic E-state index is 12.4. The van der Waals surface area contributed by atoms with Crippen LogP contribution in [0.1, 0.15) is 27.0 Å². The van der Waals surface area contributed by atoms with E-state index in [-0.39, 0.29) is 11.7 Å². The quantitative estimate of drug-likeness (QED) is 0.739. The lowest BCUT2D eigenvalue weighted by molar-refractivity contribution is 0.101. The molecule has 3 aromatic rings. The van der Waals surface area contributed by atoms with E-state index >= 15 is 0 Å². The summed E-state index contributed by atoms with van der Waals surface area (Å²) in [6.45, 7) is 1.90. The third-order valence-corrected chi connectivity index (χ3v) is 4.16. The number of nitrogens with zero attached hydrogens (tertiary/aromatic N) is 1. The molecule has 0 aromatic heterocycles. The van der Waals surface area contributed by atoms with Crippen molar-refractivity contribution in [3.8, 4) is 5.75 Å². The minimum Gasteiger partial charge on any atom is -0.507 e. The van der Waals surface area contributed by atoms with Crippen LogP contribution >= 0.6 is 0 Å². The lowest BCUT2D eigenvalue weighted by Gasteiger charge is -2.12. The number of aliphatic imine (C=N–C) groups is 1. The second-order valence-corrected chi connectivity index (χ2v) is 5.40. The molecule has 0 atom stereocenters.